The fourth-order valence-corrected chi connectivity index (χ4v) is 9.88. The average Bonchev–Trinajstić information content (AvgIpc) is 3.34. The molecule has 3 rings (SSSR count). The molecule has 4 N–H and O–H groups in total. The number of carbonyl (C=O) groups is 2. The highest BCUT2D eigenvalue weighted by atomic mass is 35.5. The van der Waals surface area contributed by atoms with Crippen molar-refractivity contribution in [1.82, 2.24) is 15.1 Å². The molecule has 0 saturated heterocycles. The molecule has 0 aromatic carbocycles. The van der Waals surface area contributed by atoms with E-state index in [1.807, 2.05) is 20.8 Å². The summed E-state index contributed by atoms with van der Waals surface area (Å²) in [6, 6.07) is 0.437. The van der Waals surface area contributed by atoms with Crippen LogP contribution in [0.2, 0.25) is 0 Å². The Kier molecular flexibility index (Phi) is 14.7. The molecular formula is C31H48Cl2N6O9S2. The van der Waals surface area contributed by atoms with Crippen molar-refractivity contribution >= 4 is 61.1 Å². The molecule has 2 fully saturated rings. The Morgan fingerprint density at radius 1 is 1.06 bits per heavy atom. The Labute approximate surface area is 304 Å². The number of alkyl halides is 2. The van der Waals surface area contributed by atoms with Gasteiger partial charge in [-0.15, -0.1) is 28.3 Å². The molecule has 0 spiro atoms. The van der Waals surface area contributed by atoms with Gasteiger partial charge >= 0.3 is 5.97 Å². The molecule has 1 aromatic heterocycles. The molecule has 1 heterocycles. The summed E-state index contributed by atoms with van der Waals surface area (Å²) >= 11 is 13.4. The quantitative estimate of drug-likeness (QED) is 0.0744. The molecule has 0 aliphatic heterocycles. The first-order valence-electron chi connectivity index (χ1n) is 16.7. The predicted octanol–water partition coefficient (Wildman–Crippen LogP) is 5.54. The summed E-state index contributed by atoms with van der Waals surface area (Å²) in [6.07, 6.45) is 3.91. The number of amides is 1. The number of carboxylic acid groups (broad SMARTS) is 1. The molecule has 15 nitrogen and oxygen atoms in total. The molecule has 50 heavy (non-hydrogen) atoms. The second-order valence-corrected chi connectivity index (χ2v) is 18.9. The number of carbonyl (C=O) groups excluding carboxylic acids is 1. The van der Waals surface area contributed by atoms with Crippen LogP contribution in [0.1, 0.15) is 116 Å². The van der Waals surface area contributed by atoms with Gasteiger partial charge in [-0.25, -0.2) is 4.68 Å². The van der Waals surface area contributed by atoms with Crippen molar-refractivity contribution < 1.29 is 40.6 Å². The summed E-state index contributed by atoms with van der Waals surface area (Å²) in [5.74, 6) is -1.34. The minimum Gasteiger partial charge on any atom is -0.481 e. The number of nitriles is 1. The number of hydrogen-bond acceptors (Lipinski definition) is 10. The summed E-state index contributed by atoms with van der Waals surface area (Å²) in [4.78, 5) is 23.5. The number of azo groups is 1. The lowest BCUT2D eigenvalue weighted by atomic mass is 9.72. The van der Waals surface area contributed by atoms with Crippen molar-refractivity contribution in [2.45, 2.75) is 138 Å². The topological polar surface area (TPSA) is 241 Å². The summed E-state index contributed by atoms with van der Waals surface area (Å²) in [6.45, 7) is 7.00. The van der Waals surface area contributed by atoms with E-state index >= 15 is 0 Å². The molecule has 0 bridgehead atoms. The Balaban J connectivity index is 1.94. The van der Waals surface area contributed by atoms with Crippen molar-refractivity contribution in [2.75, 3.05) is 5.75 Å². The van der Waals surface area contributed by atoms with Crippen molar-refractivity contribution in [3.63, 3.8) is 0 Å². The number of rotatable bonds is 15. The average molecular weight is 784 g/mol. The second-order valence-electron chi connectivity index (χ2n) is 14.5. The van der Waals surface area contributed by atoms with Crippen molar-refractivity contribution in [3.05, 3.63) is 11.3 Å². The zero-order chi connectivity index (χ0) is 37.6. The van der Waals surface area contributed by atoms with Gasteiger partial charge in [-0.1, -0.05) is 33.6 Å². The third kappa shape index (κ3) is 11.8. The summed E-state index contributed by atoms with van der Waals surface area (Å²) in [5, 5.41) is 33.4. The summed E-state index contributed by atoms with van der Waals surface area (Å²) in [7, 11) is -8.49. The van der Waals surface area contributed by atoms with E-state index in [-0.39, 0.29) is 60.6 Å². The van der Waals surface area contributed by atoms with Crippen LogP contribution in [0, 0.1) is 23.2 Å². The van der Waals surface area contributed by atoms with E-state index in [1.54, 1.807) is 0 Å². The van der Waals surface area contributed by atoms with Gasteiger partial charge < -0.3 is 10.4 Å². The van der Waals surface area contributed by atoms with Gasteiger partial charge in [0.1, 0.15) is 11.6 Å². The number of nitrogens with one attached hydrogen (secondary N) is 1. The SMILES string of the molecule is CC(=O)NC1CC(C(CCCCS(=O)(=O)O)CCCC(=O)O)CCC1N=Nc1c(C#N)c(C(C)(C)C)nn1C1C(Cl)CC(S(=O)(=O)O)CC1Cl. The van der Waals surface area contributed by atoms with E-state index in [4.69, 9.17) is 32.9 Å². The third-order valence-electron chi connectivity index (χ3n) is 9.53. The van der Waals surface area contributed by atoms with Crippen LogP contribution in [-0.2, 0) is 35.2 Å². The highest BCUT2D eigenvalue weighted by Crippen LogP contribution is 2.43. The van der Waals surface area contributed by atoms with Gasteiger partial charge in [0, 0.05) is 18.8 Å². The molecule has 6 unspecified atom stereocenters. The number of carboxylic acids is 1. The molecule has 282 valence electrons. The zero-order valence-electron chi connectivity index (χ0n) is 28.7. The predicted molar refractivity (Wildman–Crippen MR) is 187 cm³/mol. The molecule has 1 aromatic rings. The van der Waals surface area contributed by atoms with Crippen LogP contribution >= 0.6 is 23.2 Å². The lowest BCUT2D eigenvalue weighted by Gasteiger charge is -2.38. The Morgan fingerprint density at radius 3 is 2.20 bits per heavy atom. The monoisotopic (exact) mass is 782 g/mol. The number of nitrogens with zero attached hydrogens (tertiary/aromatic N) is 5. The van der Waals surface area contributed by atoms with Crippen molar-refractivity contribution in [2.24, 2.45) is 22.1 Å². The molecule has 0 radical (unpaired) electrons. The molecular weight excluding hydrogens is 735 g/mol. The standard InChI is InChI=1S/C31H48Cl2N6O9S2/c1-18(40)35-26-14-20(19(9-7-10-27(41)42)8-5-6-13-49(43,44)45)11-12-25(26)36-37-30-22(17-34)29(31(2,3)4)38-39(30)28-23(32)15-21(16-24(28)33)50(46,47)48/h19-21,23-26,28H,5-16H2,1-4H3,(H,35,40)(H,41,42)(H,43,44,45)(H,46,47,48). The highest BCUT2D eigenvalue weighted by molar-refractivity contribution is 7.86. The van der Waals surface area contributed by atoms with Crippen LogP contribution < -0.4 is 5.32 Å². The maximum atomic E-state index is 12.3. The molecule has 2 aliphatic carbocycles. The van der Waals surface area contributed by atoms with Gasteiger partial charge in [-0.2, -0.15) is 32.3 Å². The Bertz CT molecular complexity index is 1640. The van der Waals surface area contributed by atoms with Crippen LogP contribution in [0.3, 0.4) is 0 Å². The largest absolute Gasteiger partial charge is 0.481 e. The van der Waals surface area contributed by atoms with Gasteiger partial charge in [0.05, 0.1) is 45.6 Å². The first kappa shape index (κ1) is 42.1. The molecule has 2 saturated carbocycles. The van der Waals surface area contributed by atoms with Crippen LogP contribution in [0.4, 0.5) is 5.82 Å². The van der Waals surface area contributed by atoms with Gasteiger partial charge in [0.2, 0.25) is 5.91 Å². The maximum Gasteiger partial charge on any atom is 0.303 e. The number of halogens is 2. The number of hydrogen-bond donors (Lipinski definition) is 4. The van der Waals surface area contributed by atoms with Crippen LogP contribution in [0.5, 0.6) is 0 Å². The fourth-order valence-electron chi connectivity index (χ4n) is 7.13. The smallest absolute Gasteiger partial charge is 0.303 e. The van der Waals surface area contributed by atoms with Crippen LogP contribution in [-0.4, -0.2) is 86.5 Å². The minimum absolute atomic E-state index is 0.00452. The Hall–Kier alpha value is -2.36. The van der Waals surface area contributed by atoms with Crippen LogP contribution in [0.25, 0.3) is 0 Å². The van der Waals surface area contributed by atoms with Gasteiger partial charge in [-0.3, -0.25) is 18.7 Å². The lowest BCUT2D eigenvalue weighted by Crippen LogP contribution is -2.46. The summed E-state index contributed by atoms with van der Waals surface area (Å²) in [5.41, 5.74) is -0.0400. The van der Waals surface area contributed by atoms with Crippen molar-refractivity contribution in [1.29, 1.82) is 5.26 Å². The number of unbranched alkanes of at least 4 members (excludes halogenated alkanes) is 1. The zero-order valence-corrected chi connectivity index (χ0v) is 31.8. The van der Waals surface area contributed by atoms with E-state index in [1.165, 1.54) is 11.6 Å². The molecule has 2 aliphatic rings. The second kappa shape index (κ2) is 17.4. The third-order valence-corrected chi connectivity index (χ3v) is 12.4. The van der Waals surface area contributed by atoms with E-state index in [2.05, 4.69) is 21.6 Å². The normalized spacial score (nSPS) is 27.1. The van der Waals surface area contributed by atoms with Gasteiger partial charge in [0.25, 0.3) is 20.2 Å². The van der Waals surface area contributed by atoms with Gasteiger partial charge in [-0.05, 0) is 63.2 Å². The number of aromatic nitrogens is 2. The fraction of sp³-hybridized carbons (Fsp3) is 0.806. The minimum atomic E-state index is -4.40. The molecule has 19 heteroatoms. The highest BCUT2D eigenvalue weighted by Gasteiger charge is 2.44. The van der Waals surface area contributed by atoms with E-state index in [9.17, 15) is 41.3 Å². The molecule has 6 atom stereocenters. The van der Waals surface area contributed by atoms with Crippen molar-refractivity contribution in [3.8, 4) is 6.07 Å². The Morgan fingerprint density at radius 2 is 1.68 bits per heavy atom. The van der Waals surface area contributed by atoms with Crippen LogP contribution in [0.15, 0.2) is 10.2 Å². The maximum absolute atomic E-state index is 12.3. The number of aliphatic carboxylic acids is 1. The van der Waals surface area contributed by atoms with E-state index in [0.29, 0.717) is 50.6 Å². The summed E-state index contributed by atoms with van der Waals surface area (Å²) < 4.78 is 66.5. The first-order valence-corrected chi connectivity index (χ1v) is 20.7. The van der Waals surface area contributed by atoms with Gasteiger partial charge in [0.15, 0.2) is 5.82 Å². The lowest BCUT2D eigenvalue weighted by molar-refractivity contribution is -0.137. The molecule has 1 amide bonds. The van der Waals surface area contributed by atoms with E-state index < -0.39 is 65.8 Å². The van der Waals surface area contributed by atoms with E-state index in [0.717, 1.165) is 0 Å². The first-order chi connectivity index (χ1) is 23.1.